The molecule has 68 valence electrons. The minimum Gasteiger partial charge on any atom is -0.396 e. The minimum atomic E-state index is -5.34. The standard InChI is InChI=1S/C4H9F2O4P/c5-4(6,2-1-3-7)11(8,9)10/h7H,1-3H2,(H2,8,9,10). The van der Waals surface area contributed by atoms with E-state index in [0.717, 1.165) is 0 Å². The van der Waals surface area contributed by atoms with Crippen LogP contribution in [0.5, 0.6) is 0 Å². The van der Waals surface area contributed by atoms with Gasteiger partial charge in [-0.05, 0) is 6.42 Å². The molecule has 3 N–H and O–H groups in total. The number of hydrogen-bond acceptors (Lipinski definition) is 2. The Bertz CT molecular complexity index is 165. The lowest BCUT2D eigenvalue weighted by atomic mass is 10.3. The molecule has 0 spiro atoms. The summed E-state index contributed by atoms with van der Waals surface area (Å²) >= 11 is 0. The van der Waals surface area contributed by atoms with E-state index < -0.39 is 26.3 Å². The number of halogens is 2. The van der Waals surface area contributed by atoms with E-state index in [9.17, 15) is 13.3 Å². The van der Waals surface area contributed by atoms with Gasteiger partial charge in [0.1, 0.15) is 0 Å². The van der Waals surface area contributed by atoms with Crippen molar-refractivity contribution in [3.63, 3.8) is 0 Å². The van der Waals surface area contributed by atoms with E-state index in [1.54, 1.807) is 0 Å². The molecule has 0 unspecified atom stereocenters. The Labute approximate surface area is 62.0 Å². The third-order valence-corrected chi connectivity index (χ3v) is 2.14. The average Bonchev–Trinajstić information content (AvgIpc) is 1.81. The fourth-order valence-corrected chi connectivity index (χ4v) is 0.887. The molecule has 0 heterocycles. The molecular weight excluding hydrogens is 181 g/mol. The monoisotopic (exact) mass is 190 g/mol. The highest BCUT2D eigenvalue weighted by Gasteiger charge is 2.47. The van der Waals surface area contributed by atoms with Crippen molar-refractivity contribution in [1.29, 1.82) is 0 Å². The molecule has 0 radical (unpaired) electrons. The van der Waals surface area contributed by atoms with E-state index in [0.29, 0.717) is 0 Å². The first-order chi connectivity index (χ1) is 4.81. The second-order valence-electron chi connectivity index (χ2n) is 2.04. The van der Waals surface area contributed by atoms with Crippen molar-refractivity contribution in [2.45, 2.75) is 18.5 Å². The average molecular weight is 190 g/mol. The van der Waals surface area contributed by atoms with E-state index >= 15 is 0 Å². The van der Waals surface area contributed by atoms with Gasteiger partial charge in [0.25, 0.3) is 0 Å². The fourth-order valence-electron chi connectivity index (χ4n) is 0.437. The van der Waals surface area contributed by atoms with E-state index in [-0.39, 0.29) is 6.42 Å². The summed E-state index contributed by atoms with van der Waals surface area (Å²) < 4.78 is 34.5. The first-order valence-electron chi connectivity index (χ1n) is 2.85. The quantitative estimate of drug-likeness (QED) is 0.565. The second-order valence-corrected chi connectivity index (χ2v) is 3.78. The normalized spacial score (nSPS) is 13.5. The number of aliphatic hydroxyl groups excluding tert-OH is 1. The largest absolute Gasteiger partial charge is 0.396 e. The van der Waals surface area contributed by atoms with Crippen LogP contribution in [0.15, 0.2) is 0 Å². The third kappa shape index (κ3) is 3.25. The topological polar surface area (TPSA) is 77.8 Å². The van der Waals surface area contributed by atoms with Crippen LogP contribution in [0.25, 0.3) is 0 Å². The van der Waals surface area contributed by atoms with Gasteiger partial charge in [-0.15, -0.1) is 0 Å². The Kier molecular flexibility index (Phi) is 3.57. The van der Waals surface area contributed by atoms with Crippen molar-refractivity contribution in [2.75, 3.05) is 6.61 Å². The molecule has 0 saturated heterocycles. The van der Waals surface area contributed by atoms with Gasteiger partial charge in [0.05, 0.1) is 0 Å². The van der Waals surface area contributed by atoms with Crippen molar-refractivity contribution in [1.82, 2.24) is 0 Å². The van der Waals surface area contributed by atoms with Crippen molar-refractivity contribution in [2.24, 2.45) is 0 Å². The third-order valence-electron chi connectivity index (χ3n) is 1.06. The highest BCUT2D eigenvalue weighted by Crippen LogP contribution is 2.54. The predicted molar refractivity (Wildman–Crippen MR) is 33.3 cm³/mol. The van der Waals surface area contributed by atoms with Crippen molar-refractivity contribution in [3.8, 4) is 0 Å². The van der Waals surface area contributed by atoms with Gasteiger partial charge < -0.3 is 14.9 Å². The van der Waals surface area contributed by atoms with Crippen LogP contribution in [0.2, 0.25) is 0 Å². The van der Waals surface area contributed by atoms with E-state index in [1.807, 2.05) is 0 Å². The van der Waals surface area contributed by atoms with Gasteiger partial charge in [-0.3, -0.25) is 4.57 Å². The molecule has 0 fully saturated rings. The minimum absolute atomic E-state index is 0.321. The molecule has 0 aromatic heterocycles. The lowest BCUT2D eigenvalue weighted by molar-refractivity contribution is 0.0435. The Hall–Kier alpha value is -0.0300. The van der Waals surface area contributed by atoms with E-state index in [4.69, 9.17) is 14.9 Å². The van der Waals surface area contributed by atoms with Crippen molar-refractivity contribution >= 4 is 7.60 Å². The fraction of sp³-hybridized carbons (Fsp3) is 1.00. The molecule has 4 nitrogen and oxygen atoms in total. The van der Waals surface area contributed by atoms with Gasteiger partial charge in [0.2, 0.25) is 0 Å². The SMILES string of the molecule is O=P(O)(O)C(F)(F)CCCO. The maximum absolute atomic E-state index is 12.2. The van der Waals surface area contributed by atoms with Crippen molar-refractivity contribution < 1.29 is 28.2 Å². The molecule has 7 heteroatoms. The molecular formula is C4H9F2O4P. The number of aliphatic hydroxyl groups is 1. The van der Waals surface area contributed by atoms with Crippen LogP contribution < -0.4 is 0 Å². The zero-order valence-electron chi connectivity index (χ0n) is 5.57. The van der Waals surface area contributed by atoms with Crippen LogP contribution in [0.3, 0.4) is 0 Å². The number of rotatable bonds is 4. The van der Waals surface area contributed by atoms with Crippen LogP contribution in [0, 0.1) is 0 Å². The lowest BCUT2D eigenvalue weighted by Crippen LogP contribution is -2.16. The summed E-state index contributed by atoms with van der Waals surface area (Å²) in [5.74, 6) is 0. The maximum Gasteiger partial charge on any atom is 0.394 e. The maximum atomic E-state index is 12.2. The first kappa shape index (κ1) is 11.0. The number of alkyl halides is 2. The van der Waals surface area contributed by atoms with Crippen LogP contribution in [-0.2, 0) is 4.57 Å². The number of hydrogen-bond donors (Lipinski definition) is 3. The summed E-state index contributed by atoms with van der Waals surface area (Å²) in [6.45, 7) is -0.504. The van der Waals surface area contributed by atoms with Crippen LogP contribution >= 0.6 is 7.60 Å². The molecule has 0 rings (SSSR count). The Morgan fingerprint density at radius 1 is 1.36 bits per heavy atom. The molecule has 0 aliphatic carbocycles. The second kappa shape index (κ2) is 3.58. The highest BCUT2D eigenvalue weighted by molar-refractivity contribution is 7.53. The first-order valence-corrected chi connectivity index (χ1v) is 4.47. The van der Waals surface area contributed by atoms with Gasteiger partial charge >= 0.3 is 13.3 Å². The molecule has 11 heavy (non-hydrogen) atoms. The molecule has 0 amide bonds. The summed E-state index contributed by atoms with van der Waals surface area (Å²) in [6.07, 6.45) is -1.31. The summed E-state index contributed by atoms with van der Waals surface area (Å²) in [5.41, 5.74) is -4.00. The molecule has 0 bridgehead atoms. The zero-order valence-corrected chi connectivity index (χ0v) is 6.47. The van der Waals surface area contributed by atoms with Crippen LogP contribution in [-0.4, -0.2) is 27.2 Å². The Balaban J connectivity index is 4.11. The van der Waals surface area contributed by atoms with Gasteiger partial charge in [0, 0.05) is 13.0 Å². The summed E-state index contributed by atoms with van der Waals surface area (Å²) in [6, 6.07) is 0. The van der Waals surface area contributed by atoms with E-state index in [1.165, 1.54) is 0 Å². The molecule has 0 atom stereocenters. The molecule has 0 aromatic carbocycles. The Morgan fingerprint density at radius 3 is 2.09 bits per heavy atom. The summed E-state index contributed by atoms with van der Waals surface area (Å²) in [7, 11) is -5.34. The van der Waals surface area contributed by atoms with Gasteiger partial charge in [-0.1, -0.05) is 0 Å². The molecule has 0 aliphatic heterocycles. The smallest absolute Gasteiger partial charge is 0.394 e. The van der Waals surface area contributed by atoms with Crippen LogP contribution in [0.4, 0.5) is 8.78 Å². The van der Waals surface area contributed by atoms with E-state index in [2.05, 4.69) is 0 Å². The predicted octanol–water partition coefficient (Wildman–Crippen LogP) is 0.529. The Morgan fingerprint density at radius 2 is 1.82 bits per heavy atom. The highest BCUT2D eigenvalue weighted by atomic mass is 31.2. The lowest BCUT2D eigenvalue weighted by Gasteiger charge is -2.16. The van der Waals surface area contributed by atoms with Crippen LogP contribution in [0.1, 0.15) is 12.8 Å². The molecule has 0 aromatic rings. The molecule has 0 saturated carbocycles. The van der Waals surface area contributed by atoms with Gasteiger partial charge in [-0.2, -0.15) is 8.78 Å². The zero-order chi connectivity index (χ0) is 9.12. The van der Waals surface area contributed by atoms with Crippen molar-refractivity contribution in [3.05, 3.63) is 0 Å². The van der Waals surface area contributed by atoms with Gasteiger partial charge in [0.15, 0.2) is 0 Å². The summed E-state index contributed by atoms with van der Waals surface area (Å²) in [5, 5.41) is 8.11. The summed E-state index contributed by atoms with van der Waals surface area (Å²) in [4.78, 5) is 16.1. The molecule has 0 aliphatic rings. The van der Waals surface area contributed by atoms with Gasteiger partial charge in [-0.25, -0.2) is 0 Å².